The minimum absolute atomic E-state index is 0.117. The number of rotatable bonds is 8. The van der Waals surface area contributed by atoms with E-state index in [9.17, 15) is 4.79 Å². The monoisotopic (exact) mass is 352 g/mol. The smallest absolute Gasteiger partial charge is 0.258 e. The van der Waals surface area contributed by atoms with Crippen LogP contribution in [0.3, 0.4) is 0 Å². The van der Waals surface area contributed by atoms with Crippen LogP contribution in [0.5, 0.6) is 11.5 Å². The lowest BCUT2D eigenvalue weighted by molar-refractivity contribution is -0.123. The van der Waals surface area contributed by atoms with Crippen LogP contribution >= 0.6 is 0 Å². The van der Waals surface area contributed by atoms with E-state index >= 15 is 0 Å². The van der Waals surface area contributed by atoms with Crippen LogP contribution in [0.25, 0.3) is 5.65 Å². The topological polar surface area (TPSA) is 77.8 Å². The Kier molecular flexibility index (Phi) is 5.48. The van der Waals surface area contributed by atoms with Gasteiger partial charge in [-0.25, -0.2) is 0 Å². The number of fused-ring (bicyclic) bond motifs is 1. The van der Waals surface area contributed by atoms with Crippen LogP contribution in [0.15, 0.2) is 55.3 Å². The maximum atomic E-state index is 12.1. The van der Waals surface area contributed by atoms with Gasteiger partial charge >= 0.3 is 0 Å². The molecule has 0 aliphatic carbocycles. The van der Waals surface area contributed by atoms with Gasteiger partial charge in [0.25, 0.3) is 5.91 Å². The number of ether oxygens (including phenoxy) is 2. The van der Waals surface area contributed by atoms with Crippen molar-refractivity contribution < 1.29 is 14.3 Å². The number of carbonyl (C=O) groups excluding carboxylic acids is 1. The molecule has 1 N–H and O–H groups in total. The predicted molar refractivity (Wildman–Crippen MR) is 97.2 cm³/mol. The normalized spacial score (nSPS) is 10.5. The maximum absolute atomic E-state index is 12.1. The minimum atomic E-state index is -0.255. The number of methoxy groups -OCH3 is 1. The van der Waals surface area contributed by atoms with Crippen molar-refractivity contribution in [2.75, 3.05) is 13.7 Å². The Hall–Kier alpha value is -3.35. The third-order valence-electron chi connectivity index (χ3n) is 3.79. The van der Waals surface area contributed by atoms with Gasteiger partial charge in [0.2, 0.25) is 0 Å². The molecule has 0 bridgehead atoms. The first kappa shape index (κ1) is 17.5. The van der Waals surface area contributed by atoms with Crippen molar-refractivity contribution in [1.29, 1.82) is 0 Å². The summed E-state index contributed by atoms with van der Waals surface area (Å²) in [5.41, 5.74) is 1.80. The first-order valence-electron chi connectivity index (χ1n) is 8.17. The summed E-state index contributed by atoms with van der Waals surface area (Å²) in [7, 11) is 1.57. The summed E-state index contributed by atoms with van der Waals surface area (Å²) in [5.74, 6) is 1.50. The summed E-state index contributed by atoms with van der Waals surface area (Å²) in [5, 5.41) is 10.9. The van der Waals surface area contributed by atoms with Crippen molar-refractivity contribution in [3.63, 3.8) is 0 Å². The number of amides is 1. The highest BCUT2D eigenvalue weighted by Crippen LogP contribution is 2.28. The van der Waals surface area contributed by atoms with Gasteiger partial charge in [-0.2, -0.15) is 0 Å². The zero-order valence-corrected chi connectivity index (χ0v) is 14.5. The average molecular weight is 352 g/mol. The first-order chi connectivity index (χ1) is 12.7. The van der Waals surface area contributed by atoms with Crippen molar-refractivity contribution in [2.45, 2.75) is 13.0 Å². The van der Waals surface area contributed by atoms with Crippen LogP contribution in [0.1, 0.15) is 11.4 Å². The molecule has 134 valence electrons. The molecule has 0 atom stereocenters. The van der Waals surface area contributed by atoms with Crippen LogP contribution in [0.2, 0.25) is 0 Å². The Balaban J connectivity index is 1.56. The molecule has 0 spiro atoms. The summed E-state index contributed by atoms with van der Waals surface area (Å²) in [6.07, 6.45) is 4.41. The van der Waals surface area contributed by atoms with Gasteiger partial charge in [0.1, 0.15) is 0 Å². The van der Waals surface area contributed by atoms with Gasteiger partial charge in [-0.05, 0) is 36.2 Å². The highest BCUT2D eigenvalue weighted by Gasteiger charge is 2.10. The SMILES string of the molecule is C=CCc1ccc(OCC(=O)NCc2nnc3ccccn23)c(OC)c1. The van der Waals surface area contributed by atoms with E-state index in [1.807, 2.05) is 47.0 Å². The molecule has 0 radical (unpaired) electrons. The van der Waals surface area contributed by atoms with Crippen molar-refractivity contribution >= 4 is 11.6 Å². The minimum Gasteiger partial charge on any atom is -0.493 e. The van der Waals surface area contributed by atoms with Crippen molar-refractivity contribution in [2.24, 2.45) is 0 Å². The molecule has 2 heterocycles. The fraction of sp³-hybridized carbons (Fsp3) is 0.211. The van der Waals surface area contributed by atoms with Gasteiger partial charge < -0.3 is 14.8 Å². The number of allylic oxidation sites excluding steroid dienone is 1. The number of benzene rings is 1. The van der Waals surface area contributed by atoms with Crippen molar-refractivity contribution in [3.8, 4) is 11.5 Å². The molecule has 0 unspecified atom stereocenters. The number of hydrogen-bond donors (Lipinski definition) is 1. The summed E-state index contributed by atoms with van der Waals surface area (Å²) < 4.78 is 12.7. The second-order valence-electron chi connectivity index (χ2n) is 5.59. The molecule has 3 rings (SSSR count). The van der Waals surface area contributed by atoms with E-state index in [0.717, 1.165) is 17.6 Å². The number of carbonyl (C=O) groups is 1. The highest BCUT2D eigenvalue weighted by atomic mass is 16.5. The third kappa shape index (κ3) is 4.00. The molecule has 7 nitrogen and oxygen atoms in total. The molecule has 26 heavy (non-hydrogen) atoms. The summed E-state index contributed by atoms with van der Waals surface area (Å²) in [6.45, 7) is 3.87. The quantitative estimate of drug-likeness (QED) is 0.629. The van der Waals surface area contributed by atoms with Gasteiger partial charge in [-0.15, -0.1) is 16.8 Å². The molecular weight excluding hydrogens is 332 g/mol. The lowest BCUT2D eigenvalue weighted by atomic mass is 10.1. The molecule has 1 aromatic carbocycles. The van der Waals surface area contributed by atoms with Crippen LogP contribution in [-0.2, 0) is 17.8 Å². The van der Waals surface area contributed by atoms with E-state index < -0.39 is 0 Å². The molecule has 0 fully saturated rings. The highest BCUT2D eigenvalue weighted by molar-refractivity contribution is 5.77. The summed E-state index contributed by atoms with van der Waals surface area (Å²) in [4.78, 5) is 12.1. The van der Waals surface area contributed by atoms with Crippen molar-refractivity contribution in [1.82, 2.24) is 19.9 Å². The molecule has 3 aromatic rings. The van der Waals surface area contributed by atoms with E-state index in [4.69, 9.17) is 9.47 Å². The van der Waals surface area contributed by atoms with Gasteiger partial charge in [0, 0.05) is 6.20 Å². The van der Waals surface area contributed by atoms with E-state index in [1.54, 1.807) is 13.2 Å². The second-order valence-corrected chi connectivity index (χ2v) is 5.59. The Morgan fingerprint density at radius 3 is 2.96 bits per heavy atom. The van der Waals surface area contributed by atoms with E-state index in [2.05, 4.69) is 22.1 Å². The molecule has 2 aromatic heterocycles. The largest absolute Gasteiger partial charge is 0.493 e. The lowest BCUT2D eigenvalue weighted by Gasteiger charge is -2.12. The van der Waals surface area contributed by atoms with Gasteiger partial charge in [0.05, 0.1) is 13.7 Å². The molecule has 0 saturated carbocycles. The number of nitrogens with zero attached hydrogens (tertiary/aromatic N) is 3. The van der Waals surface area contributed by atoms with Gasteiger partial charge in [-0.1, -0.05) is 18.2 Å². The molecule has 0 saturated heterocycles. The fourth-order valence-electron chi connectivity index (χ4n) is 2.51. The molecule has 0 aliphatic heterocycles. The Morgan fingerprint density at radius 1 is 1.27 bits per heavy atom. The fourth-order valence-corrected chi connectivity index (χ4v) is 2.51. The van der Waals surface area contributed by atoms with Gasteiger partial charge in [0.15, 0.2) is 29.6 Å². The maximum Gasteiger partial charge on any atom is 0.258 e. The second kappa shape index (κ2) is 8.15. The van der Waals surface area contributed by atoms with E-state index in [1.165, 1.54) is 0 Å². The predicted octanol–water partition coefficient (Wildman–Crippen LogP) is 2.16. The van der Waals surface area contributed by atoms with Crippen LogP contribution in [0, 0.1) is 0 Å². The Labute approximate surface area is 151 Å². The third-order valence-corrected chi connectivity index (χ3v) is 3.79. The van der Waals surface area contributed by atoms with Crippen LogP contribution in [0.4, 0.5) is 0 Å². The Morgan fingerprint density at radius 2 is 2.15 bits per heavy atom. The lowest BCUT2D eigenvalue weighted by Crippen LogP contribution is -2.29. The van der Waals surface area contributed by atoms with Crippen molar-refractivity contribution in [3.05, 3.63) is 66.6 Å². The standard InChI is InChI=1S/C19H20N4O3/c1-3-6-14-8-9-15(16(11-14)25-2)26-13-19(24)20-12-18-22-21-17-7-4-5-10-23(17)18/h3-5,7-11H,1,6,12-13H2,2H3,(H,20,24). The molecule has 7 heteroatoms. The molecule has 0 aliphatic rings. The van der Waals surface area contributed by atoms with Crippen LogP contribution < -0.4 is 14.8 Å². The first-order valence-corrected chi connectivity index (χ1v) is 8.17. The van der Waals surface area contributed by atoms with Crippen LogP contribution in [-0.4, -0.2) is 34.2 Å². The Bertz CT molecular complexity index is 920. The molecule has 1 amide bonds. The summed E-state index contributed by atoms with van der Waals surface area (Å²) >= 11 is 0. The number of pyridine rings is 1. The summed E-state index contributed by atoms with van der Waals surface area (Å²) in [6, 6.07) is 11.2. The number of hydrogen-bond acceptors (Lipinski definition) is 5. The number of nitrogens with one attached hydrogen (secondary N) is 1. The van der Waals surface area contributed by atoms with E-state index in [0.29, 0.717) is 17.3 Å². The van der Waals surface area contributed by atoms with E-state index in [-0.39, 0.29) is 19.1 Å². The molecular formula is C19H20N4O3. The number of aromatic nitrogens is 3. The zero-order chi connectivity index (χ0) is 18.4. The average Bonchev–Trinajstić information content (AvgIpc) is 3.08. The zero-order valence-electron chi connectivity index (χ0n) is 14.5. The van der Waals surface area contributed by atoms with Gasteiger partial charge in [-0.3, -0.25) is 9.20 Å².